The molecule has 0 aliphatic heterocycles. The van der Waals surface area contributed by atoms with Crippen LogP contribution in [0.1, 0.15) is 13.8 Å². The molecule has 7 heteroatoms. The van der Waals surface area contributed by atoms with E-state index in [1.165, 1.54) is 0 Å². The molecule has 0 heterocycles. The van der Waals surface area contributed by atoms with Gasteiger partial charge in [-0.15, -0.1) is 0 Å². The molecule has 0 aliphatic carbocycles. The summed E-state index contributed by atoms with van der Waals surface area (Å²) in [6, 6.07) is 0. The second-order valence-corrected chi connectivity index (χ2v) is 4.15. The van der Waals surface area contributed by atoms with Gasteiger partial charge in [-0.3, -0.25) is 14.4 Å². The van der Waals surface area contributed by atoms with Crippen LogP contribution < -0.4 is 11.1 Å². The van der Waals surface area contributed by atoms with Crippen molar-refractivity contribution in [3.05, 3.63) is 0 Å². The van der Waals surface area contributed by atoms with E-state index >= 15 is 0 Å². The number of hydrogen-bond acceptors (Lipinski definition) is 5. The summed E-state index contributed by atoms with van der Waals surface area (Å²) in [5.74, 6) is -2.02. The van der Waals surface area contributed by atoms with Crippen LogP contribution in [-0.4, -0.2) is 59.9 Å². The zero-order valence-corrected chi connectivity index (χ0v) is 10.3. The van der Waals surface area contributed by atoms with Crippen LogP contribution in [0.5, 0.6) is 0 Å². The summed E-state index contributed by atoms with van der Waals surface area (Å²) in [6.45, 7) is 2.20. The lowest BCUT2D eigenvalue weighted by Crippen LogP contribution is -2.52. The number of likely N-dealkylation sites (N-methyl/N-ethyl adjacent to an activating group) is 1. The molecule has 98 valence electrons. The van der Waals surface area contributed by atoms with E-state index in [2.05, 4.69) is 5.32 Å². The fourth-order valence-electron chi connectivity index (χ4n) is 1.04. The molecule has 1 amide bonds. The van der Waals surface area contributed by atoms with E-state index in [-0.39, 0.29) is 18.9 Å². The maximum Gasteiger partial charge on any atom is 0.323 e. The molecule has 0 saturated heterocycles. The van der Waals surface area contributed by atoms with Crippen molar-refractivity contribution in [3.8, 4) is 0 Å². The van der Waals surface area contributed by atoms with Crippen LogP contribution in [0, 0.1) is 0 Å². The molecule has 0 bridgehead atoms. The summed E-state index contributed by atoms with van der Waals surface area (Å²) in [5, 5.41) is 11.4. The topological polar surface area (TPSA) is 113 Å². The third-order valence-electron chi connectivity index (χ3n) is 2.51. The minimum absolute atomic E-state index is 0.268. The van der Waals surface area contributed by atoms with Gasteiger partial charge in [-0.2, -0.15) is 0 Å². The molecule has 0 fully saturated rings. The maximum atomic E-state index is 11.8. The molecule has 0 aromatic carbocycles. The first-order chi connectivity index (χ1) is 7.74. The summed E-state index contributed by atoms with van der Waals surface area (Å²) >= 11 is 0. The van der Waals surface area contributed by atoms with E-state index in [0.717, 1.165) is 4.90 Å². The van der Waals surface area contributed by atoms with Crippen molar-refractivity contribution >= 4 is 17.7 Å². The van der Waals surface area contributed by atoms with Crippen molar-refractivity contribution in [1.29, 1.82) is 0 Å². The van der Waals surface area contributed by atoms with E-state index in [0.29, 0.717) is 0 Å². The molecule has 0 unspecified atom stereocenters. The smallest absolute Gasteiger partial charge is 0.323 e. The molecule has 0 saturated carbocycles. The van der Waals surface area contributed by atoms with E-state index < -0.39 is 24.0 Å². The summed E-state index contributed by atoms with van der Waals surface area (Å²) in [7, 11) is 1.62. The van der Waals surface area contributed by atoms with Gasteiger partial charge >= 0.3 is 5.97 Å². The van der Waals surface area contributed by atoms with Crippen LogP contribution in [0.2, 0.25) is 0 Å². The first kappa shape index (κ1) is 15.5. The van der Waals surface area contributed by atoms with Crippen LogP contribution in [0.4, 0.5) is 0 Å². The molecule has 0 radical (unpaired) electrons. The SMILES string of the molecule is CNC(C)(C)C(=O)CN(CC(=O)O)C(=O)CN. The van der Waals surface area contributed by atoms with E-state index in [1.54, 1.807) is 20.9 Å². The molecule has 17 heavy (non-hydrogen) atoms. The van der Waals surface area contributed by atoms with Gasteiger partial charge in [0.25, 0.3) is 0 Å². The van der Waals surface area contributed by atoms with Crippen LogP contribution in [0.15, 0.2) is 0 Å². The molecule has 0 rings (SSSR count). The van der Waals surface area contributed by atoms with Crippen molar-refractivity contribution in [2.45, 2.75) is 19.4 Å². The number of nitrogens with one attached hydrogen (secondary N) is 1. The Morgan fingerprint density at radius 1 is 1.29 bits per heavy atom. The molecule has 4 N–H and O–H groups in total. The van der Waals surface area contributed by atoms with Crippen LogP contribution >= 0.6 is 0 Å². The average molecular weight is 245 g/mol. The molecular formula is C10H19N3O4. The van der Waals surface area contributed by atoms with Gasteiger partial charge in [0.15, 0.2) is 5.78 Å². The van der Waals surface area contributed by atoms with Gasteiger partial charge in [-0.1, -0.05) is 0 Å². The summed E-state index contributed by atoms with van der Waals surface area (Å²) in [6.07, 6.45) is 0. The highest BCUT2D eigenvalue weighted by molar-refractivity contribution is 5.93. The predicted octanol–water partition coefficient (Wildman–Crippen LogP) is -1.57. The Hall–Kier alpha value is -1.47. The largest absolute Gasteiger partial charge is 0.480 e. The lowest BCUT2D eigenvalue weighted by atomic mass is 9.99. The number of aliphatic carboxylic acids is 1. The van der Waals surface area contributed by atoms with Crippen LogP contribution in [0.25, 0.3) is 0 Å². The number of rotatable bonds is 7. The summed E-state index contributed by atoms with van der Waals surface area (Å²) < 4.78 is 0. The molecule has 0 aliphatic rings. The number of carbonyl (C=O) groups excluding carboxylic acids is 2. The number of nitrogens with two attached hydrogens (primary N) is 1. The lowest BCUT2D eigenvalue weighted by molar-refractivity contribution is -0.145. The number of carboxylic acid groups (broad SMARTS) is 1. The maximum absolute atomic E-state index is 11.8. The number of nitrogens with zero attached hydrogens (tertiary/aromatic N) is 1. The highest BCUT2D eigenvalue weighted by Crippen LogP contribution is 2.04. The number of carbonyl (C=O) groups is 3. The number of amides is 1. The van der Waals surface area contributed by atoms with Gasteiger partial charge in [-0.05, 0) is 20.9 Å². The predicted molar refractivity (Wildman–Crippen MR) is 61.4 cm³/mol. The Balaban J connectivity index is 4.70. The Bertz CT molecular complexity index is 315. The first-order valence-corrected chi connectivity index (χ1v) is 5.16. The number of hydrogen-bond donors (Lipinski definition) is 3. The van der Waals surface area contributed by atoms with Crippen LogP contribution in [0.3, 0.4) is 0 Å². The van der Waals surface area contributed by atoms with Gasteiger partial charge < -0.3 is 21.1 Å². The Morgan fingerprint density at radius 3 is 2.18 bits per heavy atom. The Morgan fingerprint density at radius 2 is 1.82 bits per heavy atom. The van der Waals surface area contributed by atoms with Crippen molar-refractivity contribution in [2.24, 2.45) is 5.73 Å². The average Bonchev–Trinajstić information content (AvgIpc) is 2.26. The van der Waals surface area contributed by atoms with Gasteiger partial charge in [-0.25, -0.2) is 0 Å². The van der Waals surface area contributed by atoms with E-state index in [9.17, 15) is 14.4 Å². The second kappa shape index (κ2) is 6.31. The minimum Gasteiger partial charge on any atom is -0.480 e. The summed E-state index contributed by atoms with van der Waals surface area (Å²) in [4.78, 5) is 34.7. The molecule has 0 aromatic heterocycles. The van der Waals surface area contributed by atoms with Gasteiger partial charge in [0.2, 0.25) is 5.91 Å². The van der Waals surface area contributed by atoms with Crippen molar-refractivity contribution in [3.63, 3.8) is 0 Å². The molecule has 0 spiro atoms. The normalized spacial score (nSPS) is 11.1. The van der Waals surface area contributed by atoms with Crippen molar-refractivity contribution in [2.75, 3.05) is 26.7 Å². The number of carboxylic acids is 1. The molecule has 7 nitrogen and oxygen atoms in total. The zero-order valence-electron chi connectivity index (χ0n) is 10.3. The fraction of sp³-hybridized carbons (Fsp3) is 0.700. The third-order valence-corrected chi connectivity index (χ3v) is 2.51. The van der Waals surface area contributed by atoms with E-state index in [4.69, 9.17) is 10.8 Å². The third kappa shape index (κ3) is 4.92. The number of ketones is 1. The minimum atomic E-state index is -1.18. The quantitative estimate of drug-likeness (QED) is 0.499. The fourth-order valence-corrected chi connectivity index (χ4v) is 1.04. The van der Waals surface area contributed by atoms with Gasteiger partial charge in [0.1, 0.15) is 6.54 Å². The zero-order chi connectivity index (χ0) is 13.6. The monoisotopic (exact) mass is 245 g/mol. The highest BCUT2D eigenvalue weighted by atomic mass is 16.4. The molecular weight excluding hydrogens is 226 g/mol. The second-order valence-electron chi connectivity index (χ2n) is 4.15. The standard InChI is InChI=1S/C10H19N3O4/c1-10(2,12-3)7(14)5-13(6-9(16)17)8(15)4-11/h12H,4-6,11H2,1-3H3,(H,16,17). The molecule has 0 atom stereocenters. The van der Waals surface area contributed by atoms with Crippen LogP contribution in [-0.2, 0) is 14.4 Å². The Kier molecular flexibility index (Phi) is 5.77. The van der Waals surface area contributed by atoms with E-state index in [1.807, 2.05) is 0 Å². The first-order valence-electron chi connectivity index (χ1n) is 5.16. The number of Topliss-reactive ketones (excluding diaryl/α,β-unsaturated/α-hetero) is 1. The highest BCUT2D eigenvalue weighted by Gasteiger charge is 2.28. The van der Waals surface area contributed by atoms with Crippen molar-refractivity contribution < 1.29 is 19.5 Å². The van der Waals surface area contributed by atoms with Gasteiger partial charge in [0, 0.05) is 0 Å². The molecule has 0 aromatic rings. The lowest BCUT2D eigenvalue weighted by Gasteiger charge is -2.26. The Labute approximate surface area is 100.0 Å². The van der Waals surface area contributed by atoms with Crippen molar-refractivity contribution in [1.82, 2.24) is 10.2 Å². The van der Waals surface area contributed by atoms with Gasteiger partial charge in [0.05, 0.1) is 18.6 Å². The summed E-state index contributed by atoms with van der Waals surface area (Å²) in [5.41, 5.74) is 4.34.